The molecular weight excluding hydrogens is 376 g/mol. The summed E-state index contributed by atoms with van der Waals surface area (Å²) in [7, 11) is 0. The van der Waals surface area contributed by atoms with Gasteiger partial charge in [-0.3, -0.25) is 4.40 Å². The van der Waals surface area contributed by atoms with Gasteiger partial charge in [-0.25, -0.2) is 9.38 Å². The topological polar surface area (TPSA) is 66.6 Å². The van der Waals surface area contributed by atoms with E-state index >= 15 is 0 Å². The summed E-state index contributed by atoms with van der Waals surface area (Å²) in [6.45, 7) is 2.36. The number of rotatable bonds is 5. The van der Waals surface area contributed by atoms with Gasteiger partial charge in [-0.15, -0.1) is 10.2 Å². The fourth-order valence-electron chi connectivity index (χ4n) is 2.63. The molecular formula is C18H18F4N6. The number of alkyl halides is 3. The van der Waals surface area contributed by atoms with Gasteiger partial charge >= 0.3 is 6.18 Å². The normalized spacial score (nSPS) is 12.4. The molecule has 0 saturated carbocycles. The number of aliphatic imine (C=N–C) groups is 1. The Morgan fingerprint density at radius 1 is 1.14 bits per heavy atom. The molecule has 148 valence electrons. The Hall–Kier alpha value is -3.17. The van der Waals surface area contributed by atoms with Crippen molar-refractivity contribution in [2.75, 3.05) is 6.54 Å². The average Bonchev–Trinajstić information content (AvgIpc) is 3.07. The van der Waals surface area contributed by atoms with E-state index in [9.17, 15) is 17.6 Å². The van der Waals surface area contributed by atoms with Crippen molar-refractivity contribution in [2.45, 2.75) is 26.2 Å². The van der Waals surface area contributed by atoms with Crippen LogP contribution in [0.3, 0.4) is 0 Å². The monoisotopic (exact) mass is 394 g/mol. The van der Waals surface area contributed by atoms with E-state index in [-0.39, 0.29) is 18.7 Å². The number of halogens is 4. The molecule has 0 fully saturated rings. The van der Waals surface area contributed by atoms with Crippen LogP contribution in [0.25, 0.3) is 5.65 Å². The van der Waals surface area contributed by atoms with E-state index in [0.717, 1.165) is 12.1 Å². The minimum absolute atomic E-state index is 0.112. The van der Waals surface area contributed by atoms with E-state index in [1.807, 2.05) is 31.3 Å². The molecule has 0 unspecified atom stereocenters. The van der Waals surface area contributed by atoms with Gasteiger partial charge in [0.15, 0.2) is 17.4 Å². The first-order chi connectivity index (χ1) is 13.4. The molecule has 0 aliphatic rings. The van der Waals surface area contributed by atoms with Gasteiger partial charge in [0.1, 0.15) is 5.82 Å². The minimum Gasteiger partial charge on any atom is -0.357 e. The highest BCUT2D eigenvalue weighted by Gasteiger charge is 2.33. The van der Waals surface area contributed by atoms with E-state index in [2.05, 4.69) is 25.8 Å². The Morgan fingerprint density at radius 3 is 2.71 bits per heavy atom. The zero-order valence-corrected chi connectivity index (χ0v) is 15.0. The summed E-state index contributed by atoms with van der Waals surface area (Å²) < 4.78 is 54.4. The molecule has 0 aliphatic carbocycles. The van der Waals surface area contributed by atoms with Crippen molar-refractivity contribution in [2.24, 2.45) is 4.99 Å². The van der Waals surface area contributed by atoms with Gasteiger partial charge in [0.05, 0.1) is 18.7 Å². The van der Waals surface area contributed by atoms with Gasteiger partial charge < -0.3 is 10.6 Å². The first kappa shape index (κ1) is 19.6. The summed E-state index contributed by atoms with van der Waals surface area (Å²) in [5.74, 6) is -0.00429. The zero-order chi connectivity index (χ0) is 20.1. The smallest absolute Gasteiger partial charge is 0.357 e. The summed E-state index contributed by atoms with van der Waals surface area (Å²) in [5.41, 5.74) is -0.461. The Kier molecular flexibility index (Phi) is 5.76. The second-order valence-corrected chi connectivity index (χ2v) is 5.89. The number of aromatic nitrogens is 3. The highest BCUT2D eigenvalue weighted by Crippen LogP contribution is 2.32. The van der Waals surface area contributed by atoms with E-state index in [1.54, 1.807) is 4.40 Å². The molecule has 0 amide bonds. The summed E-state index contributed by atoms with van der Waals surface area (Å²) in [5, 5.41) is 14.1. The van der Waals surface area contributed by atoms with Gasteiger partial charge in [0.25, 0.3) is 0 Å². The van der Waals surface area contributed by atoms with Crippen LogP contribution in [-0.2, 0) is 19.3 Å². The summed E-state index contributed by atoms with van der Waals surface area (Å²) >= 11 is 0. The summed E-state index contributed by atoms with van der Waals surface area (Å²) in [6, 6.07) is 8.05. The predicted molar refractivity (Wildman–Crippen MR) is 96.0 cm³/mol. The highest BCUT2D eigenvalue weighted by molar-refractivity contribution is 5.79. The number of benzene rings is 1. The number of nitrogens with zero attached hydrogens (tertiary/aromatic N) is 4. The SMILES string of the molecule is CCNC(=NCc1ccc(F)cc1C(F)(F)F)NCc1nnc2ccccn12. The lowest BCUT2D eigenvalue weighted by molar-refractivity contribution is -0.138. The molecule has 3 aromatic rings. The van der Waals surface area contributed by atoms with Crippen LogP contribution in [0, 0.1) is 5.82 Å². The average molecular weight is 394 g/mol. The van der Waals surface area contributed by atoms with Crippen LogP contribution in [0.5, 0.6) is 0 Å². The molecule has 2 heterocycles. The molecule has 0 spiro atoms. The van der Waals surface area contributed by atoms with Gasteiger partial charge in [-0.2, -0.15) is 13.2 Å². The number of guanidine groups is 1. The quantitative estimate of drug-likeness (QED) is 0.396. The third-order valence-corrected chi connectivity index (χ3v) is 3.93. The molecule has 0 saturated heterocycles. The molecule has 28 heavy (non-hydrogen) atoms. The molecule has 6 nitrogen and oxygen atoms in total. The molecule has 1 aromatic carbocycles. The van der Waals surface area contributed by atoms with Crippen LogP contribution in [-0.4, -0.2) is 27.1 Å². The largest absolute Gasteiger partial charge is 0.416 e. The second-order valence-electron chi connectivity index (χ2n) is 5.89. The van der Waals surface area contributed by atoms with Crippen LogP contribution in [0.4, 0.5) is 17.6 Å². The van der Waals surface area contributed by atoms with Gasteiger partial charge in [-0.1, -0.05) is 12.1 Å². The molecule has 2 N–H and O–H groups in total. The number of fused-ring (bicyclic) bond motifs is 1. The fraction of sp³-hybridized carbons (Fsp3) is 0.278. The highest BCUT2D eigenvalue weighted by atomic mass is 19.4. The van der Waals surface area contributed by atoms with E-state index in [1.165, 1.54) is 0 Å². The van der Waals surface area contributed by atoms with Crippen molar-refractivity contribution in [3.05, 3.63) is 65.4 Å². The maximum absolute atomic E-state index is 13.2. The maximum Gasteiger partial charge on any atom is 0.416 e. The Morgan fingerprint density at radius 2 is 1.96 bits per heavy atom. The van der Waals surface area contributed by atoms with Gasteiger partial charge in [-0.05, 0) is 36.8 Å². The van der Waals surface area contributed by atoms with Gasteiger partial charge in [0, 0.05) is 12.7 Å². The number of nitrogens with one attached hydrogen (secondary N) is 2. The predicted octanol–water partition coefficient (Wildman–Crippen LogP) is 3.14. The van der Waals surface area contributed by atoms with Crippen molar-refractivity contribution >= 4 is 11.6 Å². The van der Waals surface area contributed by atoms with Crippen LogP contribution in [0.1, 0.15) is 23.9 Å². The van der Waals surface area contributed by atoms with Crippen LogP contribution in [0.2, 0.25) is 0 Å². The fourth-order valence-corrected chi connectivity index (χ4v) is 2.63. The van der Waals surface area contributed by atoms with Crippen molar-refractivity contribution < 1.29 is 17.6 Å². The van der Waals surface area contributed by atoms with Crippen molar-refractivity contribution in [3.8, 4) is 0 Å². The molecule has 0 aliphatic heterocycles. The van der Waals surface area contributed by atoms with Crippen molar-refractivity contribution in [1.29, 1.82) is 0 Å². The van der Waals surface area contributed by atoms with E-state index in [4.69, 9.17) is 0 Å². The lowest BCUT2D eigenvalue weighted by Crippen LogP contribution is -2.37. The van der Waals surface area contributed by atoms with Crippen molar-refractivity contribution in [1.82, 2.24) is 25.2 Å². The Bertz CT molecular complexity index is 980. The first-order valence-corrected chi connectivity index (χ1v) is 8.55. The third-order valence-electron chi connectivity index (χ3n) is 3.93. The van der Waals surface area contributed by atoms with Crippen LogP contribution in [0.15, 0.2) is 47.6 Å². The zero-order valence-electron chi connectivity index (χ0n) is 15.0. The van der Waals surface area contributed by atoms with Gasteiger partial charge in [0.2, 0.25) is 0 Å². The molecule has 10 heteroatoms. The maximum atomic E-state index is 13.2. The van der Waals surface area contributed by atoms with Crippen molar-refractivity contribution in [3.63, 3.8) is 0 Å². The first-order valence-electron chi connectivity index (χ1n) is 8.55. The molecule has 3 rings (SSSR count). The molecule has 0 atom stereocenters. The standard InChI is InChI=1S/C18H18F4N6/c1-2-23-17(25-11-16-27-26-15-5-3-4-8-28(15)16)24-10-12-6-7-13(19)9-14(12)18(20,21)22/h3-9H,2,10-11H2,1H3,(H2,23,24,25). The minimum atomic E-state index is -4.65. The third kappa shape index (κ3) is 4.56. The Labute approximate surface area is 158 Å². The van der Waals surface area contributed by atoms with E-state index < -0.39 is 17.6 Å². The second kappa shape index (κ2) is 8.24. The van der Waals surface area contributed by atoms with E-state index in [0.29, 0.717) is 30.0 Å². The summed E-state index contributed by atoms with van der Waals surface area (Å²) in [4.78, 5) is 4.18. The number of pyridine rings is 1. The number of hydrogen-bond acceptors (Lipinski definition) is 3. The molecule has 0 radical (unpaired) electrons. The lowest BCUT2D eigenvalue weighted by Gasteiger charge is -2.13. The number of hydrogen-bond donors (Lipinski definition) is 2. The van der Waals surface area contributed by atoms with Crippen LogP contribution >= 0.6 is 0 Å². The summed E-state index contributed by atoms with van der Waals surface area (Å²) in [6.07, 6.45) is -2.84. The lowest BCUT2D eigenvalue weighted by atomic mass is 10.1. The molecule has 0 bridgehead atoms. The van der Waals surface area contributed by atoms with Crippen LogP contribution < -0.4 is 10.6 Å². The molecule has 2 aromatic heterocycles. The Balaban J connectivity index is 1.76.